The number of aromatic amines is 1. The fraction of sp³-hybridized carbons (Fsp3) is 0.0909. The molecular formula is C11H11N5O. The molecule has 6 nitrogen and oxygen atoms in total. The van der Waals surface area contributed by atoms with Gasteiger partial charge in [-0.1, -0.05) is 0 Å². The lowest BCUT2D eigenvalue weighted by Gasteiger charge is -2.05. The molecule has 0 radical (unpaired) electrons. The molecule has 2 aromatic rings. The van der Waals surface area contributed by atoms with E-state index in [0.717, 1.165) is 5.56 Å². The smallest absolute Gasteiger partial charge is 0.169 e. The van der Waals surface area contributed by atoms with Gasteiger partial charge < -0.3 is 16.2 Å². The van der Waals surface area contributed by atoms with Gasteiger partial charge in [-0.3, -0.25) is 5.10 Å². The minimum Gasteiger partial charge on any atom is -0.495 e. The minimum absolute atomic E-state index is 0.245. The van der Waals surface area contributed by atoms with Crippen molar-refractivity contribution in [3.05, 3.63) is 23.8 Å². The monoisotopic (exact) mass is 229 g/mol. The molecule has 6 heteroatoms. The Morgan fingerprint density at radius 2 is 2.18 bits per heavy atom. The summed E-state index contributed by atoms with van der Waals surface area (Å²) in [6.07, 6.45) is 0. The Hall–Kier alpha value is -2.68. The summed E-state index contributed by atoms with van der Waals surface area (Å²) >= 11 is 0. The van der Waals surface area contributed by atoms with Crippen LogP contribution >= 0.6 is 0 Å². The first-order valence-corrected chi connectivity index (χ1v) is 4.85. The maximum Gasteiger partial charge on any atom is 0.169 e. The van der Waals surface area contributed by atoms with E-state index in [0.29, 0.717) is 22.7 Å². The van der Waals surface area contributed by atoms with Gasteiger partial charge in [0.25, 0.3) is 0 Å². The number of methoxy groups -OCH3 is 1. The second-order valence-electron chi connectivity index (χ2n) is 3.42. The van der Waals surface area contributed by atoms with Gasteiger partial charge in [0.2, 0.25) is 0 Å². The molecule has 0 aliphatic carbocycles. The maximum absolute atomic E-state index is 8.98. The molecule has 1 aromatic carbocycles. The predicted molar refractivity (Wildman–Crippen MR) is 64.1 cm³/mol. The number of aromatic nitrogens is 2. The van der Waals surface area contributed by atoms with Crippen LogP contribution in [0.25, 0.3) is 11.3 Å². The Labute approximate surface area is 97.8 Å². The number of H-pyrrole nitrogens is 1. The fourth-order valence-corrected chi connectivity index (χ4v) is 1.54. The molecule has 0 amide bonds. The molecule has 0 saturated carbocycles. The number of benzene rings is 1. The van der Waals surface area contributed by atoms with Gasteiger partial charge in [0.05, 0.1) is 18.4 Å². The molecule has 1 heterocycles. The van der Waals surface area contributed by atoms with E-state index in [1.807, 2.05) is 0 Å². The molecule has 2 rings (SSSR count). The van der Waals surface area contributed by atoms with Gasteiger partial charge in [-0.05, 0) is 18.2 Å². The first-order valence-electron chi connectivity index (χ1n) is 4.85. The molecule has 17 heavy (non-hydrogen) atoms. The maximum atomic E-state index is 8.98. The van der Waals surface area contributed by atoms with Crippen molar-refractivity contribution in [2.75, 3.05) is 18.6 Å². The lowest BCUT2D eigenvalue weighted by atomic mass is 10.1. The van der Waals surface area contributed by atoms with Gasteiger partial charge in [0.1, 0.15) is 17.5 Å². The van der Waals surface area contributed by atoms with Crippen molar-refractivity contribution in [3.8, 4) is 23.1 Å². The Bertz CT molecular complexity index is 596. The van der Waals surface area contributed by atoms with Crippen LogP contribution in [0.1, 0.15) is 5.56 Å². The van der Waals surface area contributed by atoms with Crippen molar-refractivity contribution in [2.45, 2.75) is 0 Å². The number of ether oxygens (including phenoxy) is 1. The average Bonchev–Trinajstić information content (AvgIpc) is 2.69. The number of hydrogen-bond acceptors (Lipinski definition) is 5. The quantitative estimate of drug-likeness (QED) is 0.714. The Morgan fingerprint density at radius 1 is 1.41 bits per heavy atom. The third-order valence-corrected chi connectivity index (χ3v) is 2.44. The predicted octanol–water partition coefficient (Wildman–Crippen LogP) is 1.12. The Morgan fingerprint density at radius 3 is 2.71 bits per heavy atom. The highest BCUT2D eigenvalue weighted by atomic mass is 16.5. The van der Waals surface area contributed by atoms with Crippen LogP contribution in [0.2, 0.25) is 0 Å². The number of nitrogens with zero attached hydrogens (tertiary/aromatic N) is 2. The zero-order valence-electron chi connectivity index (χ0n) is 9.19. The number of nitrogen functional groups attached to an aromatic ring is 2. The summed E-state index contributed by atoms with van der Waals surface area (Å²) in [6.45, 7) is 0. The second kappa shape index (κ2) is 4.06. The summed E-state index contributed by atoms with van der Waals surface area (Å²) in [5.74, 6) is 0.761. The molecule has 0 aliphatic rings. The number of anilines is 2. The SMILES string of the molecule is COc1ccc(-c2[nH]nc(N)c2N)cc1C#N. The number of hydrogen-bond donors (Lipinski definition) is 3. The van der Waals surface area contributed by atoms with Crippen molar-refractivity contribution in [1.82, 2.24) is 10.2 Å². The van der Waals surface area contributed by atoms with Crippen LogP contribution in [0.5, 0.6) is 5.75 Å². The highest BCUT2D eigenvalue weighted by Gasteiger charge is 2.11. The van der Waals surface area contributed by atoms with Crippen molar-refractivity contribution in [2.24, 2.45) is 0 Å². The highest BCUT2D eigenvalue weighted by molar-refractivity contribution is 5.80. The minimum atomic E-state index is 0.245. The zero-order chi connectivity index (χ0) is 12.4. The van der Waals surface area contributed by atoms with Crippen molar-refractivity contribution >= 4 is 11.5 Å². The van der Waals surface area contributed by atoms with E-state index in [1.54, 1.807) is 18.2 Å². The van der Waals surface area contributed by atoms with Crippen LogP contribution in [0.3, 0.4) is 0 Å². The van der Waals surface area contributed by atoms with E-state index in [-0.39, 0.29) is 5.82 Å². The molecule has 0 aliphatic heterocycles. The van der Waals surface area contributed by atoms with Crippen molar-refractivity contribution in [3.63, 3.8) is 0 Å². The summed E-state index contributed by atoms with van der Waals surface area (Å²) in [7, 11) is 1.51. The molecule has 0 fully saturated rings. The number of rotatable bonds is 2. The summed E-state index contributed by atoms with van der Waals surface area (Å²) in [4.78, 5) is 0. The number of nitriles is 1. The van der Waals surface area contributed by atoms with E-state index in [4.69, 9.17) is 21.5 Å². The third-order valence-electron chi connectivity index (χ3n) is 2.44. The highest BCUT2D eigenvalue weighted by Crippen LogP contribution is 2.30. The van der Waals surface area contributed by atoms with Gasteiger partial charge in [-0.2, -0.15) is 10.4 Å². The van der Waals surface area contributed by atoms with Crippen molar-refractivity contribution < 1.29 is 4.74 Å². The molecule has 0 spiro atoms. The van der Waals surface area contributed by atoms with Gasteiger partial charge in [-0.25, -0.2) is 0 Å². The van der Waals surface area contributed by atoms with E-state index < -0.39 is 0 Å². The topological polar surface area (TPSA) is 114 Å². The van der Waals surface area contributed by atoms with Crippen LogP contribution in [-0.2, 0) is 0 Å². The molecule has 1 aromatic heterocycles. The molecule has 0 atom stereocenters. The zero-order valence-corrected chi connectivity index (χ0v) is 9.19. The average molecular weight is 229 g/mol. The summed E-state index contributed by atoms with van der Waals surface area (Å²) in [5.41, 5.74) is 13.5. The number of nitrogens with one attached hydrogen (secondary N) is 1. The molecule has 0 bridgehead atoms. The van der Waals surface area contributed by atoms with E-state index in [1.165, 1.54) is 7.11 Å². The van der Waals surface area contributed by atoms with Crippen LogP contribution in [-0.4, -0.2) is 17.3 Å². The summed E-state index contributed by atoms with van der Waals surface area (Å²) in [5, 5.41) is 15.5. The molecule has 86 valence electrons. The first kappa shape index (κ1) is 10.8. The normalized spacial score (nSPS) is 9.88. The molecule has 0 unspecified atom stereocenters. The van der Waals surface area contributed by atoms with Gasteiger partial charge in [0.15, 0.2) is 5.82 Å². The summed E-state index contributed by atoms with van der Waals surface area (Å²) in [6, 6.07) is 7.20. The van der Waals surface area contributed by atoms with Gasteiger partial charge in [0, 0.05) is 5.56 Å². The Kier molecular flexibility index (Phi) is 2.58. The van der Waals surface area contributed by atoms with Crippen LogP contribution in [0.4, 0.5) is 11.5 Å². The van der Waals surface area contributed by atoms with Gasteiger partial charge >= 0.3 is 0 Å². The van der Waals surface area contributed by atoms with E-state index in [9.17, 15) is 0 Å². The van der Waals surface area contributed by atoms with Crippen LogP contribution in [0, 0.1) is 11.3 Å². The Balaban J connectivity index is 2.55. The van der Waals surface area contributed by atoms with E-state index >= 15 is 0 Å². The number of nitrogens with two attached hydrogens (primary N) is 2. The van der Waals surface area contributed by atoms with Gasteiger partial charge in [-0.15, -0.1) is 0 Å². The second-order valence-corrected chi connectivity index (χ2v) is 3.42. The largest absolute Gasteiger partial charge is 0.495 e. The molecule has 0 saturated heterocycles. The van der Waals surface area contributed by atoms with E-state index in [2.05, 4.69) is 16.3 Å². The fourth-order valence-electron chi connectivity index (χ4n) is 1.54. The lowest BCUT2D eigenvalue weighted by molar-refractivity contribution is 0.413. The summed E-state index contributed by atoms with van der Waals surface area (Å²) < 4.78 is 5.06. The lowest BCUT2D eigenvalue weighted by Crippen LogP contribution is -1.93. The van der Waals surface area contributed by atoms with Crippen LogP contribution < -0.4 is 16.2 Å². The molecular weight excluding hydrogens is 218 g/mol. The molecule has 5 N–H and O–H groups in total. The van der Waals surface area contributed by atoms with Crippen LogP contribution in [0.15, 0.2) is 18.2 Å². The van der Waals surface area contributed by atoms with Crippen molar-refractivity contribution in [1.29, 1.82) is 5.26 Å². The standard InChI is InChI=1S/C11H11N5O/c1-17-8-3-2-6(4-7(8)5-12)10-9(13)11(14)16-15-10/h2-4H,13H2,1H3,(H3,14,15,16). The third kappa shape index (κ3) is 1.74. The first-order chi connectivity index (χ1) is 8.17.